The maximum atomic E-state index is 5.88. The van der Waals surface area contributed by atoms with Crippen molar-refractivity contribution >= 4 is 11.5 Å². The molecule has 118 valence electrons. The predicted octanol–water partition coefficient (Wildman–Crippen LogP) is 1.58. The number of pyridine rings is 1. The van der Waals surface area contributed by atoms with Crippen molar-refractivity contribution in [2.75, 3.05) is 43.9 Å². The number of hydrogen-bond donors (Lipinski definition) is 2. The minimum atomic E-state index is 0.0563. The Morgan fingerprint density at radius 2 is 2.05 bits per heavy atom. The first kappa shape index (κ1) is 15.9. The lowest BCUT2D eigenvalue weighted by Gasteiger charge is -2.29. The molecule has 0 aromatic carbocycles. The van der Waals surface area contributed by atoms with Gasteiger partial charge in [0.25, 0.3) is 0 Å². The largest absolute Gasteiger partial charge is 0.473 e. The molecule has 1 aromatic heterocycles. The summed E-state index contributed by atoms with van der Waals surface area (Å²) >= 11 is 0. The van der Waals surface area contributed by atoms with Gasteiger partial charge in [-0.05, 0) is 32.9 Å². The molecule has 1 fully saturated rings. The van der Waals surface area contributed by atoms with Crippen LogP contribution in [0, 0.1) is 0 Å². The van der Waals surface area contributed by atoms with Crippen molar-refractivity contribution in [1.82, 2.24) is 9.88 Å². The van der Waals surface area contributed by atoms with E-state index in [-0.39, 0.29) is 6.10 Å². The van der Waals surface area contributed by atoms with Gasteiger partial charge in [-0.25, -0.2) is 0 Å². The highest BCUT2D eigenvalue weighted by Gasteiger charge is 2.14. The van der Waals surface area contributed by atoms with E-state index in [1.807, 2.05) is 26.0 Å². The topological polar surface area (TPSA) is 72.6 Å². The minimum absolute atomic E-state index is 0.0563. The van der Waals surface area contributed by atoms with E-state index in [4.69, 9.17) is 15.2 Å². The Morgan fingerprint density at radius 1 is 1.33 bits per heavy atom. The number of nitrogen functional groups attached to an aromatic ring is 1. The highest BCUT2D eigenvalue weighted by Crippen LogP contribution is 2.22. The van der Waals surface area contributed by atoms with Crippen LogP contribution >= 0.6 is 0 Å². The first-order chi connectivity index (χ1) is 10.0. The molecule has 1 aliphatic heterocycles. The Bertz CT molecular complexity index is 447. The summed E-state index contributed by atoms with van der Waals surface area (Å²) in [6, 6.07) is 4.01. The third-order valence-corrected chi connectivity index (χ3v) is 3.27. The van der Waals surface area contributed by atoms with Gasteiger partial charge in [-0.3, -0.25) is 4.90 Å². The molecule has 1 saturated heterocycles. The average molecular weight is 294 g/mol. The molecule has 21 heavy (non-hydrogen) atoms. The molecule has 0 bridgehead atoms. The van der Waals surface area contributed by atoms with Crippen LogP contribution in [0.3, 0.4) is 0 Å². The SMILES string of the molecule is CC(CN1CCOCC1)Nc1ccc(N)c(OC(C)C)n1. The molecule has 0 amide bonds. The van der Waals surface area contributed by atoms with Crippen LogP contribution < -0.4 is 15.8 Å². The molecular weight excluding hydrogens is 268 g/mol. The van der Waals surface area contributed by atoms with Crippen LogP contribution in [0.4, 0.5) is 11.5 Å². The number of morpholine rings is 1. The number of anilines is 2. The number of nitrogens with two attached hydrogens (primary N) is 1. The van der Waals surface area contributed by atoms with Crippen LogP contribution in [0.5, 0.6) is 5.88 Å². The molecule has 2 heterocycles. The summed E-state index contributed by atoms with van der Waals surface area (Å²) in [5, 5.41) is 3.40. The minimum Gasteiger partial charge on any atom is -0.473 e. The number of ether oxygens (including phenoxy) is 2. The number of aromatic nitrogens is 1. The van der Waals surface area contributed by atoms with Crippen molar-refractivity contribution in [2.24, 2.45) is 0 Å². The Balaban J connectivity index is 1.91. The molecule has 0 aliphatic carbocycles. The zero-order valence-electron chi connectivity index (χ0n) is 13.1. The molecule has 0 radical (unpaired) electrons. The van der Waals surface area contributed by atoms with Crippen LogP contribution in [0.25, 0.3) is 0 Å². The lowest BCUT2D eigenvalue weighted by molar-refractivity contribution is 0.0368. The second-order valence-corrected chi connectivity index (χ2v) is 5.72. The number of hydrogen-bond acceptors (Lipinski definition) is 6. The van der Waals surface area contributed by atoms with Gasteiger partial charge in [0, 0.05) is 25.7 Å². The van der Waals surface area contributed by atoms with Gasteiger partial charge in [0.05, 0.1) is 25.0 Å². The number of rotatable bonds is 6. The Morgan fingerprint density at radius 3 is 2.71 bits per heavy atom. The summed E-state index contributed by atoms with van der Waals surface area (Å²) < 4.78 is 11.0. The molecule has 6 heteroatoms. The molecule has 2 rings (SSSR count). The maximum Gasteiger partial charge on any atom is 0.239 e. The van der Waals surface area contributed by atoms with Crippen molar-refractivity contribution in [3.05, 3.63) is 12.1 Å². The van der Waals surface area contributed by atoms with Gasteiger partial charge in [0.15, 0.2) is 0 Å². The van der Waals surface area contributed by atoms with Gasteiger partial charge in [0.1, 0.15) is 5.82 Å². The molecule has 0 saturated carbocycles. The fourth-order valence-electron chi connectivity index (χ4n) is 2.32. The summed E-state index contributed by atoms with van der Waals surface area (Å²) in [7, 11) is 0. The fourth-order valence-corrected chi connectivity index (χ4v) is 2.32. The van der Waals surface area contributed by atoms with E-state index < -0.39 is 0 Å². The smallest absolute Gasteiger partial charge is 0.239 e. The van der Waals surface area contributed by atoms with E-state index in [0.29, 0.717) is 17.6 Å². The van der Waals surface area contributed by atoms with E-state index in [2.05, 4.69) is 22.1 Å². The molecular formula is C15H26N4O2. The molecule has 1 atom stereocenters. The van der Waals surface area contributed by atoms with Gasteiger partial charge < -0.3 is 20.5 Å². The lowest BCUT2D eigenvalue weighted by Crippen LogP contribution is -2.42. The molecule has 6 nitrogen and oxygen atoms in total. The van der Waals surface area contributed by atoms with Crippen molar-refractivity contribution < 1.29 is 9.47 Å². The van der Waals surface area contributed by atoms with Crippen LogP contribution in [0.2, 0.25) is 0 Å². The van der Waals surface area contributed by atoms with Gasteiger partial charge >= 0.3 is 0 Å². The highest BCUT2D eigenvalue weighted by atomic mass is 16.5. The van der Waals surface area contributed by atoms with Crippen molar-refractivity contribution in [2.45, 2.75) is 32.9 Å². The summed E-state index contributed by atoms with van der Waals surface area (Å²) in [6.45, 7) is 10.7. The zero-order valence-corrected chi connectivity index (χ0v) is 13.1. The zero-order chi connectivity index (χ0) is 15.2. The van der Waals surface area contributed by atoms with Crippen molar-refractivity contribution in [3.8, 4) is 5.88 Å². The van der Waals surface area contributed by atoms with Crippen LogP contribution in [0.15, 0.2) is 12.1 Å². The van der Waals surface area contributed by atoms with Gasteiger partial charge in [-0.1, -0.05) is 0 Å². The lowest BCUT2D eigenvalue weighted by atomic mass is 10.2. The molecule has 3 N–H and O–H groups in total. The summed E-state index contributed by atoms with van der Waals surface area (Å²) in [5.41, 5.74) is 6.45. The first-order valence-electron chi connectivity index (χ1n) is 7.54. The van der Waals surface area contributed by atoms with E-state index >= 15 is 0 Å². The van der Waals surface area contributed by atoms with Gasteiger partial charge in [-0.2, -0.15) is 4.98 Å². The normalized spacial score (nSPS) is 17.7. The van der Waals surface area contributed by atoms with Crippen molar-refractivity contribution in [1.29, 1.82) is 0 Å². The predicted molar refractivity (Wildman–Crippen MR) is 84.8 cm³/mol. The Hall–Kier alpha value is -1.53. The van der Waals surface area contributed by atoms with E-state index in [1.165, 1.54) is 0 Å². The third-order valence-electron chi connectivity index (χ3n) is 3.27. The summed E-state index contributed by atoms with van der Waals surface area (Å²) in [6.07, 6.45) is 0.0563. The highest BCUT2D eigenvalue weighted by molar-refractivity contribution is 5.53. The second-order valence-electron chi connectivity index (χ2n) is 5.72. The maximum absolute atomic E-state index is 5.88. The van der Waals surface area contributed by atoms with Crippen LogP contribution in [-0.4, -0.2) is 54.9 Å². The van der Waals surface area contributed by atoms with Crippen LogP contribution in [0.1, 0.15) is 20.8 Å². The van der Waals surface area contributed by atoms with Crippen molar-refractivity contribution in [3.63, 3.8) is 0 Å². The Labute approximate surface area is 126 Å². The van der Waals surface area contributed by atoms with E-state index in [1.54, 1.807) is 0 Å². The average Bonchev–Trinajstić information content (AvgIpc) is 2.43. The van der Waals surface area contributed by atoms with E-state index in [9.17, 15) is 0 Å². The molecule has 1 aromatic rings. The second kappa shape index (κ2) is 7.47. The number of nitrogens with zero attached hydrogens (tertiary/aromatic N) is 2. The first-order valence-corrected chi connectivity index (χ1v) is 7.54. The molecule has 1 aliphatic rings. The van der Waals surface area contributed by atoms with E-state index in [0.717, 1.165) is 38.7 Å². The van der Waals surface area contributed by atoms with Gasteiger partial charge in [0.2, 0.25) is 5.88 Å². The van der Waals surface area contributed by atoms with Crippen LogP contribution in [-0.2, 0) is 4.74 Å². The monoisotopic (exact) mass is 294 g/mol. The summed E-state index contributed by atoms with van der Waals surface area (Å²) in [4.78, 5) is 6.84. The fraction of sp³-hybridized carbons (Fsp3) is 0.667. The molecule has 1 unspecified atom stereocenters. The quantitative estimate of drug-likeness (QED) is 0.830. The Kier molecular flexibility index (Phi) is 5.64. The summed E-state index contributed by atoms with van der Waals surface area (Å²) in [5.74, 6) is 1.29. The molecule has 0 spiro atoms. The third kappa shape index (κ3) is 5.06. The van der Waals surface area contributed by atoms with Gasteiger partial charge in [-0.15, -0.1) is 0 Å². The standard InChI is InChI=1S/C15H26N4O2/c1-11(2)21-15-13(16)4-5-14(18-15)17-12(3)10-19-6-8-20-9-7-19/h4-5,11-12H,6-10,16H2,1-3H3,(H,17,18). The number of nitrogens with one attached hydrogen (secondary N) is 1.